The molecule has 0 aromatic carbocycles. The first-order chi connectivity index (χ1) is 9.01. The fourth-order valence-corrected chi connectivity index (χ4v) is 1.35. The van der Waals surface area contributed by atoms with Crippen LogP contribution in [0.5, 0.6) is 5.88 Å². The molecule has 0 spiro atoms. The second kappa shape index (κ2) is 6.48. The van der Waals surface area contributed by atoms with Gasteiger partial charge in [-0.05, 0) is 13.0 Å². The van der Waals surface area contributed by atoms with E-state index in [0.29, 0.717) is 0 Å². The average Bonchev–Trinajstić information content (AvgIpc) is 2.37. The zero-order valence-electron chi connectivity index (χ0n) is 10.3. The Morgan fingerprint density at radius 3 is 2.74 bits per heavy atom. The lowest BCUT2D eigenvalue weighted by molar-refractivity contribution is -0.137. The molecule has 0 aliphatic carbocycles. The van der Waals surface area contributed by atoms with E-state index < -0.39 is 23.3 Å². The number of aromatic carboxylic acids is 1. The summed E-state index contributed by atoms with van der Waals surface area (Å²) in [6, 6.07) is 0. The van der Waals surface area contributed by atoms with Crippen LogP contribution in [0.3, 0.4) is 0 Å². The molecule has 7 heteroatoms. The first kappa shape index (κ1) is 14.6. The van der Waals surface area contributed by atoms with Crippen LogP contribution in [0.2, 0.25) is 0 Å². The molecule has 0 atom stereocenters. The average molecular weight is 269 g/mol. The largest absolute Gasteiger partial charge is 0.480 e. The van der Waals surface area contributed by atoms with Crippen LogP contribution in [0.4, 0.5) is 4.39 Å². The van der Waals surface area contributed by atoms with Crippen molar-refractivity contribution in [1.82, 2.24) is 4.98 Å². The molecular formula is C12H12FNO5. The quantitative estimate of drug-likeness (QED) is 0.644. The lowest BCUT2D eigenvalue weighted by Gasteiger charge is -2.07. The van der Waals surface area contributed by atoms with Gasteiger partial charge in [-0.3, -0.25) is 0 Å². The van der Waals surface area contributed by atoms with Crippen molar-refractivity contribution in [1.29, 1.82) is 0 Å². The van der Waals surface area contributed by atoms with E-state index in [0.717, 1.165) is 18.3 Å². The number of esters is 1. The van der Waals surface area contributed by atoms with Crippen molar-refractivity contribution in [3.05, 3.63) is 29.2 Å². The fourth-order valence-electron chi connectivity index (χ4n) is 1.35. The van der Waals surface area contributed by atoms with Crippen molar-refractivity contribution in [3.63, 3.8) is 0 Å². The van der Waals surface area contributed by atoms with E-state index in [-0.39, 0.29) is 18.1 Å². The Hall–Kier alpha value is -2.44. The van der Waals surface area contributed by atoms with Gasteiger partial charge in [0.1, 0.15) is 11.4 Å². The lowest BCUT2D eigenvalue weighted by atomic mass is 10.1. The SMILES string of the molecule is CCOC(=O)/C=C/c1c(F)cnc(OC)c1C(=O)O. The first-order valence-electron chi connectivity index (χ1n) is 5.31. The van der Waals surface area contributed by atoms with Gasteiger partial charge in [-0.15, -0.1) is 0 Å². The minimum absolute atomic E-state index is 0.164. The second-order valence-corrected chi connectivity index (χ2v) is 3.29. The number of carbonyl (C=O) groups excluding carboxylic acids is 1. The van der Waals surface area contributed by atoms with E-state index in [1.807, 2.05) is 0 Å². The number of halogens is 1. The molecule has 0 unspecified atom stereocenters. The summed E-state index contributed by atoms with van der Waals surface area (Å²) >= 11 is 0. The standard InChI is InChI=1S/C12H12FNO5/c1-3-19-9(15)5-4-7-8(13)6-14-11(18-2)10(7)12(16)17/h4-6H,3H2,1-2H3,(H,16,17)/b5-4+. The number of methoxy groups -OCH3 is 1. The number of hydrogen-bond donors (Lipinski definition) is 1. The van der Waals surface area contributed by atoms with E-state index in [1.165, 1.54) is 7.11 Å². The molecule has 1 aromatic heterocycles. The molecule has 0 saturated carbocycles. The Labute approximate surface area is 108 Å². The van der Waals surface area contributed by atoms with Gasteiger partial charge in [0, 0.05) is 11.6 Å². The number of carbonyl (C=O) groups is 2. The van der Waals surface area contributed by atoms with Gasteiger partial charge in [-0.25, -0.2) is 19.0 Å². The van der Waals surface area contributed by atoms with Crippen LogP contribution in [0.15, 0.2) is 12.3 Å². The molecule has 19 heavy (non-hydrogen) atoms. The van der Waals surface area contributed by atoms with E-state index in [4.69, 9.17) is 9.84 Å². The van der Waals surface area contributed by atoms with Crippen LogP contribution in [0, 0.1) is 5.82 Å². The Bertz CT molecular complexity index is 527. The molecule has 0 bridgehead atoms. The maximum atomic E-state index is 13.6. The number of hydrogen-bond acceptors (Lipinski definition) is 5. The van der Waals surface area contributed by atoms with Crippen molar-refractivity contribution < 1.29 is 28.6 Å². The van der Waals surface area contributed by atoms with Crippen LogP contribution >= 0.6 is 0 Å². The smallest absolute Gasteiger partial charge is 0.341 e. The highest BCUT2D eigenvalue weighted by atomic mass is 19.1. The van der Waals surface area contributed by atoms with Gasteiger partial charge in [0.15, 0.2) is 0 Å². The minimum atomic E-state index is -1.41. The van der Waals surface area contributed by atoms with E-state index in [1.54, 1.807) is 6.92 Å². The van der Waals surface area contributed by atoms with E-state index >= 15 is 0 Å². The van der Waals surface area contributed by atoms with Gasteiger partial charge in [-0.2, -0.15) is 0 Å². The molecule has 0 aliphatic heterocycles. The number of rotatable bonds is 5. The number of ether oxygens (including phenoxy) is 2. The summed E-state index contributed by atoms with van der Waals surface area (Å²) in [7, 11) is 1.21. The molecule has 0 radical (unpaired) electrons. The van der Waals surface area contributed by atoms with Crippen molar-refractivity contribution in [2.45, 2.75) is 6.92 Å². The zero-order valence-corrected chi connectivity index (χ0v) is 10.3. The summed E-state index contributed by atoms with van der Waals surface area (Å²) in [6.07, 6.45) is 2.77. The Balaban J connectivity index is 3.25. The number of aromatic nitrogens is 1. The normalized spacial score (nSPS) is 10.5. The summed E-state index contributed by atoms with van der Waals surface area (Å²) in [5.41, 5.74) is -0.754. The molecular weight excluding hydrogens is 257 g/mol. The number of carboxylic acid groups (broad SMARTS) is 1. The highest BCUT2D eigenvalue weighted by Gasteiger charge is 2.20. The first-order valence-corrected chi connectivity index (χ1v) is 5.31. The third-order valence-corrected chi connectivity index (χ3v) is 2.12. The van der Waals surface area contributed by atoms with Crippen molar-refractivity contribution >= 4 is 18.0 Å². The third-order valence-electron chi connectivity index (χ3n) is 2.12. The molecule has 1 rings (SSSR count). The van der Waals surface area contributed by atoms with Crippen molar-refractivity contribution in [3.8, 4) is 5.88 Å². The van der Waals surface area contributed by atoms with Gasteiger partial charge >= 0.3 is 11.9 Å². The van der Waals surface area contributed by atoms with Gasteiger partial charge < -0.3 is 14.6 Å². The second-order valence-electron chi connectivity index (χ2n) is 3.29. The molecule has 6 nitrogen and oxygen atoms in total. The summed E-state index contributed by atoms with van der Waals surface area (Å²) in [5.74, 6) is -3.22. The molecule has 0 amide bonds. The highest BCUT2D eigenvalue weighted by molar-refractivity contribution is 5.96. The fraction of sp³-hybridized carbons (Fsp3) is 0.250. The molecule has 102 valence electrons. The van der Waals surface area contributed by atoms with Gasteiger partial charge in [0.05, 0.1) is 19.9 Å². The van der Waals surface area contributed by atoms with Crippen molar-refractivity contribution in [2.24, 2.45) is 0 Å². The van der Waals surface area contributed by atoms with Crippen molar-refractivity contribution in [2.75, 3.05) is 13.7 Å². The van der Waals surface area contributed by atoms with Gasteiger partial charge in [-0.1, -0.05) is 0 Å². The predicted octanol–water partition coefficient (Wildman–Crippen LogP) is 1.50. The molecule has 0 saturated heterocycles. The molecule has 1 N–H and O–H groups in total. The van der Waals surface area contributed by atoms with Crippen LogP contribution in [-0.2, 0) is 9.53 Å². The molecule has 1 aromatic rings. The number of pyridine rings is 1. The predicted molar refractivity (Wildman–Crippen MR) is 63.4 cm³/mol. The van der Waals surface area contributed by atoms with Crippen LogP contribution in [0.25, 0.3) is 6.08 Å². The molecule has 0 aliphatic rings. The lowest BCUT2D eigenvalue weighted by Crippen LogP contribution is -2.07. The maximum Gasteiger partial charge on any atom is 0.341 e. The Morgan fingerprint density at radius 1 is 1.53 bits per heavy atom. The zero-order chi connectivity index (χ0) is 14.4. The van der Waals surface area contributed by atoms with E-state index in [9.17, 15) is 14.0 Å². The summed E-state index contributed by atoms with van der Waals surface area (Å²) < 4.78 is 22.9. The number of nitrogens with zero attached hydrogens (tertiary/aromatic N) is 1. The summed E-state index contributed by atoms with van der Waals surface area (Å²) in [6.45, 7) is 1.78. The Morgan fingerprint density at radius 2 is 2.21 bits per heavy atom. The van der Waals surface area contributed by atoms with Crippen LogP contribution < -0.4 is 4.74 Å². The van der Waals surface area contributed by atoms with Crippen LogP contribution in [0.1, 0.15) is 22.8 Å². The molecule has 1 heterocycles. The monoisotopic (exact) mass is 269 g/mol. The van der Waals surface area contributed by atoms with E-state index in [2.05, 4.69) is 9.72 Å². The topological polar surface area (TPSA) is 85.7 Å². The molecule has 0 fully saturated rings. The minimum Gasteiger partial charge on any atom is -0.480 e. The summed E-state index contributed by atoms with van der Waals surface area (Å²) in [5, 5.41) is 9.03. The Kier molecular flexibility index (Phi) is 4.99. The third kappa shape index (κ3) is 3.51. The van der Waals surface area contributed by atoms with Crippen LogP contribution in [-0.4, -0.2) is 35.7 Å². The highest BCUT2D eigenvalue weighted by Crippen LogP contribution is 2.23. The van der Waals surface area contributed by atoms with Gasteiger partial charge in [0.25, 0.3) is 0 Å². The number of carboxylic acids is 1. The summed E-state index contributed by atoms with van der Waals surface area (Å²) in [4.78, 5) is 25.7. The van der Waals surface area contributed by atoms with Gasteiger partial charge in [0.2, 0.25) is 5.88 Å². The maximum absolute atomic E-state index is 13.6.